The molecule has 0 aliphatic rings. The maximum absolute atomic E-state index is 11.8. The molecule has 3 N–H and O–H groups in total. The maximum atomic E-state index is 11.8. The Morgan fingerprint density at radius 2 is 2.22 bits per heavy atom. The molecule has 0 saturated carbocycles. The van der Waals surface area contributed by atoms with Crippen LogP contribution < -0.4 is 11.1 Å². The van der Waals surface area contributed by atoms with E-state index >= 15 is 0 Å². The van der Waals surface area contributed by atoms with Gasteiger partial charge in [-0.25, -0.2) is 4.98 Å². The zero-order chi connectivity index (χ0) is 16.1. The molecule has 9 heteroatoms. The molecule has 23 heavy (non-hydrogen) atoms. The predicted octanol–water partition coefficient (Wildman–Crippen LogP) is 3.37. The molecule has 1 atom stereocenters. The molecule has 0 saturated heterocycles. The van der Waals surface area contributed by atoms with E-state index in [0.717, 1.165) is 10.4 Å². The maximum Gasteiger partial charge on any atom is 0.245 e. The first-order valence-electron chi connectivity index (χ1n) is 6.44. The first kappa shape index (κ1) is 20.2. The van der Waals surface area contributed by atoms with Gasteiger partial charge < -0.3 is 15.8 Å². The lowest BCUT2D eigenvalue weighted by Gasteiger charge is -2.08. The van der Waals surface area contributed by atoms with Crippen LogP contribution in [0.15, 0.2) is 24.4 Å². The van der Waals surface area contributed by atoms with Gasteiger partial charge in [-0.2, -0.15) is 0 Å². The summed E-state index contributed by atoms with van der Waals surface area (Å²) in [6.07, 6.45) is 2.29. The lowest BCUT2D eigenvalue weighted by molar-refractivity contribution is -0.118. The number of hydrogen-bond donors (Lipinski definition) is 2. The summed E-state index contributed by atoms with van der Waals surface area (Å²) < 4.78 is 4.84. The monoisotopic (exact) mass is 395 g/mol. The van der Waals surface area contributed by atoms with Crippen molar-refractivity contribution in [2.75, 3.05) is 19.0 Å². The summed E-state index contributed by atoms with van der Waals surface area (Å²) in [5.41, 5.74) is 6.56. The van der Waals surface area contributed by atoms with Gasteiger partial charge in [0.15, 0.2) is 5.13 Å². The van der Waals surface area contributed by atoms with E-state index in [9.17, 15) is 4.79 Å². The number of carbonyl (C=O) groups is 1. The van der Waals surface area contributed by atoms with E-state index in [1.165, 1.54) is 18.4 Å². The van der Waals surface area contributed by atoms with Crippen molar-refractivity contribution in [3.8, 4) is 0 Å². The second-order valence-electron chi connectivity index (χ2n) is 4.57. The van der Waals surface area contributed by atoms with Crippen LogP contribution in [0.1, 0.15) is 10.4 Å². The number of halogens is 3. The quantitative estimate of drug-likeness (QED) is 0.785. The molecule has 1 amide bonds. The molecule has 1 heterocycles. The molecule has 1 unspecified atom stereocenters. The van der Waals surface area contributed by atoms with Gasteiger partial charge in [0.05, 0.1) is 16.7 Å². The summed E-state index contributed by atoms with van der Waals surface area (Å²) in [4.78, 5) is 16.9. The number of methoxy groups -OCH3 is 1. The van der Waals surface area contributed by atoms with Crippen LogP contribution in [-0.4, -0.2) is 30.6 Å². The first-order valence-corrected chi connectivity index (χ1v) is 8.01. The van der Waals surface area contributed by atoms with Gasteiger partial charge in [0.2, 0.25) is 5.91 Å². The van der Waals surface area contributed by atoms with Gasteiger partial charge in [0, 0.05) is 24.6 Å². The van der Waals surface area contributed by atoms with Crippen molar-refractivity contribution in [2.45, 2.75) is 12.5 Å². The van der Waals surface area contributed by atoms with Crippen LogP contribution in [0, 0.1) is 0 Å². The number of hydrogen-bond acceptors (Lipinski definition) is 5. The van der Waals surface area contributed by atoms with Gasteiger partial charge in [0.1, 0.15) is 6.04 Å². The normalized spacial score (nSPS) is 11.7. The SMILES string of the molecule is COCC(N)C(=O)Nc1ncc(Cc2cccc(Cl)c2Cl)s1.Cl. The number of carbonyl (C=O) groups excluding carboxylic acids is 1. The molecular formula is C14H16Cl3N3O2S. The fourth-order valence-electron chi connectivity index (χ4n) is 1.77. The van der Waals surface area contributed by atoms with E-state index in [0.29, 0.717) is 21.6 Å². The Labute approximate surface area is 154 Å². The van der Waals surface area contributed by atoms with Crippen LogP contribution in [0.25, 0.3) is 0 Å². The molecule has 126 valence electrons. The lowest BCUT2D eigenvalue weighted by atomic mass is 10.1. The minimum atomic E-state index is -0.722. The Morgan fingerprint density at radius 3 is 2.91 bits per heavy atom. The molecule has 1 aromatic carbocycles. The minimum absolute atomic E-state index is 0. The second-order valence-corrected chi connectivity index (χ2v) is 6.47. The van der Waals surface area contributed by atoms with Crippen molar-refractivity contribution in [1.82, 2.24) is 4.98 Å². The topological polar surface area (TPSA) is 77.2 Å². The average molecular weight is 397 g/mol. The van der Waals surface area contributed by atoms with Crippen molar-refractivity contribution in [2.24, 2.45) is 5.73 Å². The summed E-state index contributed by atoms with van der Waals surface area (Å²) in [5.74, 6) is -0.330. The number of amides is 1. The molecule has 2 aromatic rings. The van der Waals surface area contributed by atoms with Crippen molar-refractivity contribution >= 4 is 58.0 Å². The van der Waals surface area contributed by atoms with Crippen LogP contribution in [-0.2, 0) is 16.0 Å². The molecule has 0 aliphatic carbocycles. The molecule has 2 rings (SSSR count). The highest BCUT2D eigenvalue weighted by Crippen LogP contribution is 2.29. The number of anilines is 1. The van der Waals surface area contributed by atoms with Gasteiger partial charge in [-0.05, 0) is 11.6 Å². The third-order valence-corrected chi connectivity index (χ3v) is 4.63. The van der Waals surface area contributed by atoms with Gasteiger partial charge >= 0.3 is 0 Å². The standard InChI is InChI=1S/C14H15Cl2N3O2S.ClH/c1-21-7-11(17)13(20)19-14-18-6-9(22-14)5-8-3-2-4-10(15)12(8)16;/h2-4,6,11H,5,7,17H2,1H3,(H,18,19,20);1H. The van der Waals surface area contributed by atoms with Crippen LogP contribution >= 0.6 is 46.9 Å². The van der Waals surface area contributed by atoms with E-state index in [4.69, 9.17) is 33.7 Å². The second kappa shape index (κ2) is 9.42. The average Bonchev–Trinajstić information content (AvgIpc) is 2.91. The van der Waals surface area contributed by atoms with Crippen molar-refractivity contribution < 1.29 is 9.53 Å². The van der Waals surface area contributed by atoms with Gasteiger partial charge in [-0.15, -0.1) is 23.7 Å². The third-order valence-electron chi connectivity index (χ3n) is 2.86. The molecule has 1 aromatic heterocycles. The number of thiazole rings is 1. The number of ether oxygens (including phenoxy) is 1. The van der Waals surface area contributed by atoms with Crippen molar-refractivity contribution in [3.63, 3.8) is 0 Å². The molecule has 0 bridgehead atoms. The van der Waals surface area contributed by atoms with Crippen molar-refractivity contribution in [1.29, 1.82) is 0 Å². The van der Waals surface area contributed by atoms with E-state index in [2.05, 4.69) is 10.3 Å². The summed E-state index contributed by atoms with van der Waals surface area (Å²) in [5, 5.41) is 4.20. The Morgan fingerprint density at radius 1 is 1.48 bits per heavy atom. The van der Waals surface area contributed by atoms with Gasteiger partial charge in [0.25, 0.3) is 0 Å². The van der Waals surface area contributed by atoms with E-state index in [1.54, 1.807) is 12.3 Å². The number of nitrogens with one attached hydrogen (secondary N) is 1. The van der Waals surface area contributed by atoms with Gasteiger partial charge in [-0.3, -0.25) is 4.79 Å². The Kier molecular flexibility index (Phi) is 8.25. The summed E-state index contributed by atoms with van der Waals surface area (Å²) in [6, 6.07) is 4.76. The first-order chi connectivity index (χ1) is 10.5. The van der Waals surface area contributed by atoms with E-state index < -0.39 is 6.04 Å². The highest BCUT2D eigenvalue weighted by molar-refractivity contribution is 7.15. The summed E-state index contributed by atoms with van der Waals surface area (Å²) in [6.45, 7) is 0.155. The van der Waals surface area contributed by atoms with E-state index in [1.807, 2.05) is 12.1 Å². The van der Waals surface area contributed by atoms with Crippen LogP contribution in [0.2, 0.25) is 10.0 Å². The molecule has 0 fully saturated rings. The summed E-state index contributed by atoms with van der Waals surface area (Å²) in [7, 11) is 1.49. The Balaban J connectivity index is 0.00000264. The minimum Gasteiger partial charge on any atom is -0.383 e. The highest BCUT2D eigenvalue weighted by Gasteiger charge is 2.15. The largest absolute Gasteiger partial charge is 0.383 e. The smallest absolute Gasteiger partial charge is 0.245 e. The number of nitrogens with two attached hydrogens (primary N) is 1. The molecule has 5 nitrogen and oxygen atoms in total. The fourth-order valence-corrected chi connectivity index (χ4v) is 3.00. The Hall–Kier alpha value is -0.890. The molecule has 0 spiro atoms. The van der Waals surface area contributed by atoms with Crippen LogP contribution in [0.4, 0.5) is 5.13 Å². The van der Waals surface area contributed by atoms with Crippen LogP contribution in [0.5, 0.6) is 0 Å². The number of nitrogens with zero attached hydrogens (tertiary/aromatic N) is 1. The molecular weight excluding hydrogens is 381 g/mol. The number of aromatic nitrogens is 1. The van der Waals surface area contributed by atoms with Crippen LogP contribution in [0.3, 0.4) is 0 Å². The predicted molar refractivity (Wildman–Crippen MR) is 97.1 cm³/mol. The lowest BCUT2D eigenvalue weighted by Crippen LogP contribution is -2.39. The summed E-state index contributed by atoms with van der Waals surface area (Å²) >= 11 is 13.5. The highest BCUT2D eigenvalue weighted by atomic mass is 35.5. The van der Waals surface area contributed by atoms with Gasteiger partial charge in [-0.1, -0.05) is 35.3 Å². The number of benzene rings is 1. The van der Waals surface area contributed by atoms with E-state index in [-0.39, 0.29) is 24.9 Å². The molecule has 0 aliphatic heterocycles. The third kappa shape index (κ3) is 5.60. The Bertz CT molecular complexity index is 666. The number of rotatable bonds is 6. The zero-order valence-corrected chi connectivity index (χ0v) is 15.4. The zero-order valence-electron chi connectivity index (χ0n) is 12.2. The van der Waals surface area contributed by atoms with Crippen molar-refractivity contribution in [3.05, 3.63) is 44.9 Å². The fraction of sp³-hybridized carbons (Fsp3) is 0.286. The molecule has 0 radical (unpaired) electrons.